The van der Waals surface area contributed by atoms with Crippen molar-refractivity contribution >= 4 is 23.9 Å². The van der Waals surface area contributed by atoms with Crippen molar-refractivity contribution in [2.75, 3.05) is 13.2 Å². The molecule has 9 heteroatoms. The second-order valence-electron chi connectivity index (χ2n) is 29.4. The maximum absolute atomic E-state index is 13.1. The Morgan fingerprint density at radius 3 is 1.38 bits per heavy atom. The molecule has 0 amide bonds. The van der Waals surface area contributed by atoms with Gasteiger partial charge < -0.3 is 23.7 Å². The molecule has 0 bridgehead atoms. The Labute approximate surface area is 565 Å². The maximum atomic E-state index is 13.1. The number of hydrogen-bond donors (Lipinski definition) is 0. The van der Waals surface area contributed by atoms with Crippen molar-refractivity contribution in [3.05, 3.63) is 60.3 Å². The molecule has 4 aliphatic carbocycles. The van der Waals surface area contributed by atoms with Crippen molar-refractivity contribution in [1.29, 1.82) is 0 Å². The third-order valence-electron chi connectivity index (χ3n) is 21.7. The Kier molecular flexibility index (Phi) is 45.6. The van der Waals surface area contributed by atoms with E-state index in [1.807, 2.05) is 0 Å². The average molecular weight is 1280 g/mol. The zero-order valence-electron chi connectivity index (χ0n) is 60.6. The Balaban J connectivity index is 1.15. The van der Waals surface area contributed by atoms with Gasteiger partial charge in [-0.05, 0) is 158 Å². The zero-order chi connectivity index (χ0) is 66.0. The molecular formula is C83H142O9. The molecule has 3 saturated carbocycles. The van der Waals surface area contributed by atoms with Gasteiger partial charge in [-0.15, -0.1) is 0 Å². The highest BCUT2D eigenvalue weighted by atomic mass is 16.6. The number of hydrogen-bond acceptors (Lipinski definition) is 9. The van der Waals surface area contributed by atoms with E-state index in [4.69, 9.17) is 23.7 Å². The van der Waals surface area contributed by atoms with Crippen LogP contribution in [0.1, 0.15) is 375 Å². The van der Waals surface area contributed by atoms with Gasteiger partial charge in [-0.25, -0.2) is 0 Å². The van der Waals surface area contributed by atoms with Crippen molar-refractivity contribution in [2.24, 2.45) is 28.6 Å². The number of esters is 4. The number of carbonyl (C=O) groups excluding carboxylic acids is 4. The van der Waals surface area contributed by atoms with Gasteiger partial charge >= 0.3 is 23.9 Å². The molecule has 0 aromatic rings. The van der Waals surface area contributed by atoms with Crippen LogP contribution in [0.3, 0.4) is 0 Å². The fraction of sp³-hybridized carbons (Fsp3) is 0.831. The third kappa shape index (κ3) is 34.5. The summed E-state index contributed by atoms with van der Waals surface area (Å²) in [5, 5.41) is 0. The lowest BCUT2D eigenvalue weighted by Crippen LogP contribution is -2.52. The van der Waals surface area contributed by atoms with E-state index >= 15 is 0 Å². The number of carbonyl (C=O) groups is 4. The van der Waals surface area contributed by atoms with Crippen LogP contribution in [0.5, 0.6) is 0 Å². The van der Waals surface area contributed by atoms with Gasteiger partial charge in [-0.3, -0.25) is 19.2 Å². The molecule has 0 heterocycles. The van der Waals surface area contributed by atoms with Gasteiger partial charge in [0.1, 0.15) is 19.3 Å². The molecule has 0 spiro atoms. The predicted octanol–water partition coefficient (Wildman–Crippen LogP) is 24.1. The normalized spacial score (nSPS) is 22.8. The standard InChI is InChI=1S/C83H142O9/c1-7-11-15-19-21-23-25-27-29-31-33-35-39-44-50-55-78(84)88-68-73(91-80(86)57-52-46-40-36-34-32-30-28-26-24-22-20-16-12-8-2)69-89-79(85)56-51-45-41-37-38-43-48-54-71(53-47-42-17-13-9-3)90-72-63-65-82(5)70(67-72)59-60-74-75-61-62-77(83(75,6)66-64-76(74)82)92-81(87)58-49-18-14-10-4/h21,23,27,29,47-48,53-54,67,71-77H,7-20,22,24-26,28,30-46,49-52,55-66,68-69H2,1-6H3/b23-21-,29-27-,53-47-,54-48-/t71?,72?,73?,74-,75?,76?,77-,82-,83-/m0/s1. The highest BCUT2D eigenvalue weighted by Gasteiger charge is 2.60. The molecule has 3 fully saturated rings. The summed E-state index contributed by atoms with van der Waals surface area (Å²) in [7, 11) is 0. The highest BCUT2D eigenvalue weighted by molar-refractivity contribution is 5.71. The Hall–Kier alpha value is -3.46. The van der Waals surface area contributed by atoms with Crippen LogP contribution in [0.25, 0.3) is 0 Å². The van der Waals surface area contributed by atoms with Crippen molar-refractivity contribution in [3.63, 3.8) is 0 Å². The van der Waals surface area contributed by atoms with Gasteiger partial charge in [-0.2, -0.15) is 0 Å². The summed E-state index contributed by atoms with van der Waals surface area (Å²) in [6, 6.07) is 0. The van der Waals surface area contributed by atoms with E-state index in [0.29, 0.717) is 43.4 Å². The summed E-state index contributed by atoms with van der Waals surface area (Å²) in [6.07, 6.45) is 77.4. The summed E-state index contributed by atoms with van der Waals surface area (Å²) in [5.41, 5.74) is 1.97. The van der Waals surface area contributed by atoms with E-state index in [1.165, 1.54) is 167 Å². The van der Waals surface area contributed by atoms with Crippen LogP contribution in [0, 0.1) is 28.6 Å². The lowest BCUT2D eigenvalue weighted by atomic mass is 9.47. The van der Waals surface area contributed by atoms with Gasteiger partial charge in [0, 0.05) is 31.1 Å². The molecule has 5 unspecified atom stereocenters. The average Bonchev–Trinajstić information content (AvgIpc) is 1.37. The van der Waals surface area contributed by atoms with Crippen molar-refractivity contribution in [1.82, 2.24) is 0 Å². The Morgan fingerprint density at radius 2 is 0.870 bits per heavy atom. The molecule has 4 aliphatic rings. The molecule has 9 nitrogen and oxygen atoms in total. The molecule has 0 saturated heterocycles. The lowest BCUT2D eigenvalue weighted by molar-refractivity contribution is -0.167. The monoisotopic (exact) mass is 1280 g/mol. The zero-order valence-corrected chi connectivity index (χ0v) is 60.6. The van der Waals surface area contributed by atoms with E-state index in [2.05, 4.69) is 96.2 Å². The number of allylic oxidation sites excluding steroid dienone is 7. The van der Waals surface area contributed by atoms with Gasteiger partial charge in [-0.1, -0.05) is 275 Å². The van der Waals surface area contributed by atoms with Gasteiger partial charge in [0.15, 0.2) is 6.10 Å². The molecule has 92 heavy (non-hydrogen) atoms. The fourth-order valence-corrected chi connectivity index (χ4v) is 15.9. The van der Waals surface area contributed by atoms with Crippen LogP contribution in [0.4, 0.5) is 0 Å². The van der Waals surface area contributed by atoms with E-state index < -0.39 is 6.10 Å². The first-order valence-corrected chi connectivity index (χ1v) is 39.7. The minimum absolute atomic E-state index is 0.0306. The number of ether oxygens (including phenoxy) is 5. The summed E-state index contributed by atoms with van der Waals surface area (Å²) in [4.78, 5) is 51.9. The second-order valence-corrected chi connectivity index (χ2v) is 29.4. The minimum atomic E-state index is -0.813. The Bertz CT molecular complexity index is 2070. The SMILES string of the molecule is CCCCC/C=C\C/C=C\CCCCCCCC(=O)OCC(COC(=O)CCCCCCC/C=C\C(/C=C\CCCCC)OC1C=C2CC[C@@H]3C(CC[C@@]4(C)C3CC[C@@H]4OC(=O)CCCCCC)[C@@]2(C)CC1)OC(=O)CCCCCCCCCCCCCCCCC. The fourth-order valence-electron chi connectivity index (χ4n) is 15.9. The van der Waals surface area contributed by atoms with E-state index in [-0.39, 0.29) is 66.2 Å². The van der Waals surface area contributed by atoms with Crippen molar-refractivity contribution in [2.45, 2.75) is 400 Å². The summed E-state index contributed by atoms with van der Waals surface area (Å²) >= 11 is 0. The molecule has 0 aromatic heterocycles. The van der Waals surface area contributed by atoms with Crippen LogP contribution < -0.4 is 0 Å². The minimum Gasteiger partial charge on any atom is -0.462 e. The quantitative estimate of drug-likeness (QED) is 0.0254. The maximum Gasteiger partial charge on any atom is 0.306 e. The van der Waals surface area contributed by atoms with E-state index in [1.54, 1.807) is 5.57 Å². The Morgan fingerprint density at radius 1 is 0.446 bits per heavy atom. The van der Waals surface area contributed by atoms with Crippen molar-refractivity contribution in [3.8, 4) is 0 Å². The lowest BCUT2D eigenvalue weighted by Gasteiger charge is -2.58. The molecule has 4 rings (SSSR count). The number of rotatable bonds is 57. The summed E-state index contributed by atoms with van der Waals surface area (Å²) < 4.78 is 30.4. The van der Waals surface area contributed by atoms with Crippen LogP contribution in [-0.4, -0.2) is 61.5 Å². The van der Waals surface area contributed by atoms with Crippen LogP contribution in [0.2, 0.25) is 0 Å². The van der Waals surface area contributed by atoms with Crippen molar-refractivity contribution < 1.29 is 42.9 Å². The molecule has 0 radical (unpaired) electrons. The summed E-state index contributed by atoms with van der Waals surface area (Å²) in [6.45, 7) is 13.8. The van der Waals surface area contributed by atoms with Gasteiger partial charge in [0.25, 0.3) is 0 Å². The van der Waals surface area contributed by atoms with Crippen LogP contribution in [-0.2, 0) is 42.9 Å². The van der Waals surface area contributed by atoms with E-state index in [0.717, 1.165) is 141 Å². The van der Waals surface area contributed by atoms with Gasteiger partial charge in [0.05, 0.1) is 12.2 Å². The number of unbranched alkanes of at least 4 members (excludes halogenated alkanes) is 33. The summed E-state index contributed by atoms with van der Waals surface area (Å²) in [5.74, 6) is 1.16. The molecule has 0 N–H and O–H groups in total. The van der Waals surface area contributed by atoms with Crippen LogP contribution in [0.15, 0.2) is 60.3 Å². The smallest absolute Gasteiger partial charge is 0.306 e. The first-order valence-electron chi connectivity index (χ1n) is 39.7. The first-order chi connectivity index (χ1) is 45.0. The molecular weight excluding hydrogens is 1140 g/mol. The van der Waals surface area contributed by atoms with Gasteiger partial charge in [0.2, 0.25) is 0 Å². The number of fused-ring (bicyclic) bond motifs is 5. The topological polar surface area (TPSA) is 114 Å². The largest absolute Gasteiger partial charge is 0.462 e. The first kappa shape index (κ1) is 81.0. The molecule has 9 atom stereocenters. The highest BCUT2D eigenvalue weighted by Crippen LogP contribution is 2.66. The van der Waals surface area contributed by atoms with E-state index in [9.17, 15) is 19.2 Å². The molecule has 0 aromatic carbocycles. The van der Waals surface area contributed by atoms with Crippen LogP contribution >= 0.6 is 0 Å². The second kappa shape index (κ2) is 51.8. The molecule has 0 aliphatic heterocycles. The molecule has 528 valence electrons. The predicted molar refractivity (Wildman–Crippen MR) is 384 cm³/mol. The third-order valence-corrected chi connectivity index (χ3v) is 21.7.